The molecule has 0 fully saturated rings. The molecule has 0 saturated carbocycles. The average Bonchev–Trinajstić information content (AvgIpc) is 2.84. The Balaban J connectivity index is 1.86. The molecular formula is C15H14N2O. The van der Waals surface area contributed by atoms with Gasteiger partial charge in [0.1, 0.15) is 11.3 Å². The summed E-state index contributed by atoms with van der Waals surface area (Å²) >= 11 is 0. The van der Waals surface area contributed by atoms with E-state index in [0.29, 0.717) is 0 Å². The van der Waals surface area contributed by atoms with E-state index in [0.717, 1.165) is 28.7 Å². The minimum atomic E-state index is -0.137. The van der Waals surface area contributed by atoms with Gasteiger partial charge < -0.3 is 10.2 Å². The number of para-hydroxylation sites is 1. The summed E-state index contributed by atoms with van der Waals surface area (Å²) in [5.41, 5.74) is 8.17. The summed E-state index contributed by atoms with van der Waals surface area (Å²) < 4.78 is 5.76. The van der Waals surface area contributed by atoms with E-state index in [2.05, 4.69) is 4.98 Å². The summed E-state index contributed by atoms with van der Waals surface area (Å²) in [6.45, 7) is 0. The van der Waals surface area contributed by atoms with Gasteiger partial charge in [0.25, 0.3) is 0 Å². The van der Waals surface area contributed by atoms with Crippen LogP contribution in [-0.2, 0) is 6.42 Å². The molecule has 0 amide bonds. The molecule has 1 atom stereocenters. The third kappa shape index (κ3) is 2.13. The van der Waals surface area contributed by atoms with Gasteiger partial charge in [-0.1, -0.05) is 24.3 Å². The maximum absolute atomic E-state index is 6.17. The molecule has 3 nitrogen and oxygen atoms in total. The summed E-state index contributed by atoms with van der Waals surface area (Å²) in [6, 6.07) is 13.7. The highest BCUT2D eigenvalue weighted by molar-refractivity contribution is 5.77. The molecule has 3 aromatic rings. The van der Waals surface area contributed by atoms with Crippen LogP contribution in [0.2, 0.25) is 0 Å². The molecule has 0 aliphatic rings. The van der Waals surface area contributed by atoms with Crippen LogP contribution in [0.4, 0.5) is 0 Å². The largest absolute Gasteiger partial charge is 0.459 e. The number of hydrogen-bond donors (Lipinski definition) is 1. The number of pyridine rings is 1. The number of nitrogens with zero attached hydrogens (tertiary/aromatic N) is 1. The molecule has 1 aromatic carbocycles. The summed E-state index contributed by atoms with van der Waals surface area (Å²) in [7, 11) is 0. The standard InChI is InChI=1S/C15H14N2O/c16-13(8-11-4-3-7-17-10-11)15-9-12-5-1-2-6-14(12)18-15/h1-7,9-10,13H,8,16H2. The van der Waals surface area contributed by atoms with E-state index in [-0.39, 0.29) is 6.04 Å². The summed E-state index contributed by atoms with van der Waals surface area (Å²) in [5, 5.41) is 1.09. The van der Waals surface area contributed by atoms with E-state index in [4.69, 9.17) is 10.2 Å². The van der Waals surface area contributed by atoms with Gasteiger partial charge in [0.05, 0.1) is 6.04 Å². The second-order valence-electron chi connectivity index (χ2n) is 4.36. The van der Waals surface area contributed by atoms with Gasteiger partial charge in [0.15, 0.2) is 0 Å². The van der Waals surface area contributed by atoms with Gasteiger partial charge in [-0.15, -0.1) is 0 Å². The molecule has 0 saturated heterocycles. The van der Waals surface area contributed by atoms with Crippen LogP contribution >= 0.6 is 0 Å². The molecule has 0 aliphatic carbocycles. The number of furan rings is 1. The van der Waals surface area contributed by atoms with Crippen LogP contribution in [0.5, 0.6) is 0 Å². The first-order valence-electron chi connectivity index (χ1n) is 5.96. The Morgan fingerprint density at radius 1 is 1.17 bits per heavy atom. The van der Waals surface area contributed by atoms with E-state index >= 15 is 0 Å². The predicted molar refractivity (Wildman–Crippen MR) is 71.1 cm³/mol. The van der Waals surface area contributed by atoms with Crippen molar-refractivity contribution in [3.63, 3.8) is 0 Å². The Labute approximate surface area is 105 Å². The van der Waals surface area contributed by atoms with Crippen molar-refractivity contribution in [2.24, 2.45) is 5.73 Å². The fraction of sp³-hybridized carbons (Fsp3) is 0.133. The van der Waals surface area contributed by atoms with Crippen LogP contribution in [0.1, 0.15) is 17.4 Å². The van der Waals surface area contributed by atoms with Crippen molar-refractivity contribution >= 4 is 11.0 Å². The molecule has 1 unspecified atom stereocenters. The van der Waals surface area contributed by atoms with Crippen molar-refractivity contribution in [3.05, 3.63) is 66.2 Å². The Bertz CT molecular complexity index is 613. The van der Waals surface area contributed by atoms with Crippen LogP contribution in [0.25, 0.3) is 11.0 Å². The van der Waals surface area contributed by atoms with E-state index < -0.39 is 0 Å². The van der Waals surface area contributed by atoms with Crippen molar-refractivity contribution in [2.45, 2.75) is 12.5 Å². The number of aromatic nitrogens is 1. The lowest BCUT2D eigenvalue weighted by Crippen LogP contribution is -2.12. The second-order valence-corrected chi connectivity index (χ2v) is 4.36. The highest BCUT2D eigenvalue weighted by Crippen LogP contribution is 2.24. The molecule has 2 aromatic heterocycles. The Hall–Kier alpha value is -2.13. The highest BCUT2D eigenvalue weighted by atomic mass is 16.3. The van der Waals surface area contributed by atoms with E-state index in [1.165, 1.54) is 0 Å². The minimum Gasteiger partial charge on any atom is -0.459 e. The molecule has 3 rings (SSSR count). The van der Waals surface area contributed by atoms with Gasteiger partial charge in [-0.25, -0.2) is 0 Å². The average molecular weight is 238 g/mol. The number of fused-ring (bicyclic) bond motifs is 1. The fourth-order valence-corrected chi connectivity index (χ4v) is 2.06. The summed E-state index contributed by atoms with van der Waals surface area (Å²) in [6.07, 6.45) is 4.33. The zero-order chi connectivity index (χ0) is 12.4. The minimum absolute atomic E-state index is 0.137. The first kappa shape index (κ1) is 11.0. The lowest BCUT2D eigenvalue weighted by atomic mass is 10.1. The first-order valence-corrected chi connectivity index (χ1v) is 5.96. The smallest absolute Gasteiger partial charge is 0.134 e. The van der Waals surface area contributed by atoms with Gasteiger partial charge in [-0.2, -0.15) is 0 Å². The zero-order valence-corrected chi connectivity index (χ0v) is 9.91. The monoisotopic (exact) mass is 238 g/mol. The van der Waals surface area contributed by atoms with Crippen molar-refractivity contribution in [1.82, 2.24) is 4.98 Å². The maximum atomic E-state index is 6.17. The van der Waals surface area contributed by atoms with Crippen LogP contribution in [0, 0.1) is 0 Å². The van der Waals surface area contributed by atoms with Crippen LogP contribution < -0.4 is 5.73 Å². The molecule has 0 radical (unpaired) electrons. The lowest BCUT2D eigenvalue weighted by Gasteiger charge is -2.07. The topological polar surface area (TPSA) is 52.0 Å². The number of hydrogen-bond acceptors (Lipinski definition) is 3. The van der Waals surface area contributed by atoms with Gasteiger partial charge in [0, 0.05) is 17.8 Å². The molecule has 0 bridgehead atoms. The van der Waals surface area contributed by atoms with Crippen LogP contribution in [0.15, 0.2) is 59.3 Å². The van der Waals surface area contributed by atoms with E-state index in [1.54, 1.807) is 6.20 Å². The lowest BCUT2D eigenvalue weighted by molar-refractivity contribution is 0.494. The SMILES string of the molecule is NC(Cc1cccnc1)c1cc2ccccc2o1. The normalized spacial score (nSPS) is 12.7. The third-order valence-electron chi connectivity index (χ3n) is 2.99. The van der Waals surface area contributed by atoms with Crippen molar-refractivity contribution in [1.29, 1.82) is 0 Å². The number of nitrogens with two attached hydrogens (primary N) is 1. The highest BCUT2D eigenvalue weighted by Gasteiger charge is 2.12. The maximum Gasteiger partial charge on any atom is 0.134 e. The zero-order valence-electron chi connectivity index (χ0n) is 9.91. The first-order chi connectivity index (χ1) is 8.83. The molecular weight excluding hydrogens is 224 g/mol. The molecule has 2 N–H and O–H groups in total. The van der Waals surface area contributed by atoms with Crippen LogP contribution in [-0.4, -0.2) is 4.98 Å². The van der Waals surface area contributed by atoms with Crippen molar-refractivity contribution in [3.8, 4) is 0 Å². The molecule has 3 heteroatoms. The third-order valence-corrected chi connectivity index (χ3v) is 2.99. The van der Waals surface area contributed by atoms with Gasteiger partial charge in [0.2, 0.25) is 0 Å². The summed E-state index contributed by atoms with van der Waals surface area (Å²) in [5.74, 6) is 0.819. The van der Waals surface area contributed by atoms with Crippen LogP contribution in [0.3, 0.4) is 0 Å². The quantitative estimate of drug-likeness (QED) is 0.763. The van der Waals surface area contributed by atoms with E-state index in [9.17, 15) is 0 Å². The Kier molecular flexibility index (Phi) is 2.82. The van der Waals surface area contributed by atoms with Gasteiger partial charge in [-0.05, 0) is 30.2 Å². The molecule has 0 aliphatic heterocycles. The second kappa shape index (κ2) is 4.63. The molecule has 2 heterocycles. The number of rotatable bonds is 3. The Morgan fingerprint density at radius 2 is 2.06 bits per heavy atom. The number of benzene rings is 1. The molecule has 0 spiro atoms. The van der Waals surface area contributed by atoms with Crippen molar-refractivity contribution in [2.75, 3.05) is 0 Å². The predicted octanol–water partition coefficient (Wildman–Crippen LogP) is 3.07. The summed E-state index contributed by atoms with van der Waals surface area (Å²) in [4.78, 5) is 4.09. The Morgan fingerprint density at radius 3 is 2.83 bits per heavy atom. The van der Waals surface area contributed by atoms with Gasteiger partial charge >= 0.3 is 0 Å². The molecule has 90 valence electrons. The van der Waals surface area contributed by atoms with Crippen molar-refractivity contribution < 1.29 is 4.42 Å². The van der Waals surface area contributed by atoms with E-state index in [1.807, 2.05) is 48.7 Å². The molecule has 18 heavy (non-hydrogen) atoms. The fourth-order valence-electron chi connectivity index (χ4n) is 2.06. The van der Waals surface area contributed by atoms with Gasteiger partial charge in [-0.3, -0.25) is 4.98 Å².